The fourth-order valence-corrected chi connectivity index (χ4v) is 14.8. The second kappa shape index (κ2) is 14.5. The quantitative estimate of drug-likeness (QED) is 0.143. The van der Waals surface area contributed by atoms with Crippen molar-refractivity contribution in [3.8, 4) is 0 Å². The highest BCUT2D eigenvalue weighted by Crippen LogP contribution is 2.78. The van der Waals surface area contributed by atoms with E-state index in [2.05, 4.69) is 78.0 Å². The van der Waals surface area contributed by atoms with Crippen LogP contribution in [0.15, 0.2) is 36.8 Å². The molecule has 0 radical (unpaired) electrons. The first-order chi connectivity index (χ1) is 25.1. The van der Waals surface area contributed by atoms with Crippen molar-refractivity contribution in [3.05, 3.63) is 36.8 Å². The first kappa shape index (κ1) is 41.8. The molecule has 0 aromatic heterocycles. The first-order valence-electron chi connectivity index (χ1n) is 21.9. The van der Waals surface area contributed by atoms with Gasteiger partial charge in [-0.1, -0.05) is 66.9 Å². The van der Waals surface area contributed by atoms with Gasteiger partial charge in [0.2, 0.25) is 0 Å². The summed E-state index contributed by atoms with van der Waals surface area (Å²) in [6.45, 7) is 41.2. The van der Waals surface area contributed by atoms with Crippen LogP contribution in [0, 0.1) is 56.2 Å². The van der Waals surface area contributed by atoms with Gasteiger partial charge in [0.05, 0.1) is 24.3 Å². The molecule has 4 unspecified atom stereocenters. The highest BCUT2D eigenvalue weighted by Gasteiger charge is 2.75. The van der Waals surface area contributed by atoms with Crippen LogP contribution in [0.4, 0.5) is 0 Å². The monoisotopic (exact) mass is 750 g/mol. The summed E-state index contributed by atoms with van der Waals surface area (Å²) in [5.74, 6) is 2.72. The first-order valence-corrected chi connectivity index (χ1v) is 21.9. The minimum Gasteiger partial charge on any atom is -0.497 e. The van der Waals surface area contributed by atoms with Gasteiger partial charge in [0, 0.05) is 43.6 Å². The lowest BCUT2D eigenvalue weighted by Crippen LogP contribution is -2.76. The van der Waals surface area contributed by atoms with Crippen molar-refractivity contribution in [1.82, 2.24) is 9.80 Å². The SMILES string of the molecule is C=C(CN1CCN(CC)CC1)OCCC12CC[C@@H](C(=C)C)[C@@H]1C1(N)CC[C@@H]3C4(C)CCC(OC(=C)CC(C)(C)C(=O)O)C(C)(C)[C@@H]4CC[C@@]3(C)[C@]1(C)CC2. The molecule has 6 fully saturated rings. The van der Waals surface area contributed by atoms with Crippen molar-refractivity contribution in [2.75, 3.05) is 45.9 Å². The molecule has 7 nitrogen and oxygen atoms in total. The normalized spacial score (nSPS) is 42.1. The van der Waals surface area contributed by atoms with Crippen LogP contribution in [-0.4, -0.2) is 78.4 Å². The lowest BCUT2D eigenvalue weighted by Gasteiger charge is -2.75. The number of aliphatic carboxylic acids is 1. The maximum absolute atomic E-state index is 11.9. The molecule has 0 aromatic carbocycles. The summed E-state index contributed by atoms with van der Waals surface area (Å²) in [5, 5.41) is 9.75. The Morgan fingerprint density at radius 3 is 2.13 bits per heavy atom. The molecule has 6 rings (SSSR count). The summed E-state index contributed by atoms with van der Waals surface area (Å²) in [6.07, 6.45) is 13.0. The smallest absolute Gasteiger partial charge is 0.309 e. The van der Waals surface area contributed by atoms with Gasteiger partial charge < -0.3 is 25.2 Å². The second-order valence-corrected chi connectivity index (χ2v) is 21.5. The van der Waals surface area contributed by atoms with Crippen molar-refractivity contribution < 1.29 is 19.4 Å². The number of carbonyl (C=O) groups is 1. The Balaban J connectivity index is 1.19. The molecule has 5 aliphatic carbocycles. The molecular weight excluding hydrogens is 671 g/mol. The number of allylic oxidation sites excluding steroid dienone is 2. The Bertz CT molecular complexity index is 1460. The van der Waals surface area contributed by atoms with Gasteiger partial charge in [-0.15, -0.1) is 0 Å². The molecule has 7 heteroatoms. The number of fused-ring (bicyclic) bond motifs is 7. The van der Waals surface area contributed by atoms with E-state index in [0.29, 0.717) is 35.9 Å². The third kappa shape index (κ3) is 6.64. The molecule has 0 spiro atoms. The number of piperazine rings is 1. The summed E-state index contributed by atoms with van der Waals surface area (Å²) in [4.78, 5) is 16.9. The summed E-state index contributed by atoms with van der Waals surface area (Å²) in [7, 11) is 0. The number of carboxylic acids is 1. The van der Waals surface area contributed by atoms with E-state index in [9.17, 15) is 9.90 Å². The van der Waals surface area contributed by atoms with Crippen molar-refractivity contribution in [1.29, 1.82) is 0 Å². The molecule has 306 valence electrons. The molecule has 10 atom stereocenters. The number of hydrogen-bond donors (Lipinski definition) is 2. The van der Waals surface area contributed by atoms with Crippen LogP contribution < -0.4 is 5.73 Å². The number of rotatable bonds is 13. The van der Waals surface area contributed by atoms with Gasteiger partial charge in [0.1, 0.15) is 11.9 Å². The van der Waals surface area contributed by atoms with Crippen molar-refractivity contribution in [2.45, 2.75) is 151 Å². The third-order valence-electron chi connectivity index (χ3n) is 18.2. The van der Waals surface area contributed by atoms with Gasteiger partial charge in [-0.2, -0.15) is 0 Å². The molecular formula is C47H79N3O4. The molecule has 54 heavy (non-hydrogen) atoms. The van der Waals surface area contributed by atoms with Crippen molar-refractivity contribution >= 4 is 5.97 Å². The average molecular weight is 750 g/mol. The summed E-state index contributed by atoms with van der Waals surface area (Å²) in [5.41, 5.74) is 8.88. The van der Waals surface area contributed by atoms with E-state index >= 15 is 0 Å². The predicted molar refractivity (Wildman–Crippen MR) is 221 cm³/mol. The molecule has 0 aromatic rings. The molecule has 0 bridgehead atoms. The second-order valence-electron chi connectivity index (χ2n) is 21.5. The number of likely N-dealkylation sites (N-methyl/N-ethyl adjacent to an activating group) is 1. The lowest BCUT2D eigenvalue weighted by atomic mass is 9.30. The minimum absolute atomic E-state index is 0.0301. The molecule has 1 saturated heterocycles. The van der Waals surface area contributed by atoms with Crippen LogP contribution in [0.5, 0.6) is 0 Å². The van der Waals surface area contributed by atoms with Gasteiger partial charge in [0.15, 0.2) is 0 Å². The van der Waals surface area contributed by atoms with Crippen LogP contribution in [-0.2, 0) is 14.3 Å². The average Bonchev–Trinajstić information content (AvgIpc) is 3.48. The molecule has 5 saturated carbocycles. The Hall–Kier alpha value is -1.83. The molecule has 3 N–H and O–H groups in total. The summed E-state index contributed by atoms with van der Waals surface area (Å²) in [6, 6.07) is 0. The zero-order valence-electron chi connectivity index (χ0n) is 36.1. The number of nitrogens with zero attached hydrogens (tertiary/aromatic N) is 2. The van der Waals surface area contributed by atoms with Crippen molar-refractivity contribution in [3.63, 3.8) is 0 Å². The Morgan fingerprint density at radius 1 is 0.852 bits per heavy atom. The third-order valence-corrected chi connectivity index (χ3v) is 18.2. The number of hydrogen-bond acceptors (Lipinski definition) is 6. The largest absolute Gasteiger partial charge is 0.497 e. The fourth-order valence-electron chi connectivity index (χ4n) is 14.8. The van der Waals surface area contributed by atoms with Gasteiger partial charge in [0.25, 0.3) is 0 Å². The zero-order chi connectivity index (χ0) is 39.7. The Labute approximate surface area is 329 Å². The van der Waals surface area contributed by atoms with Crippen LogP contribution in [0.1, 0.15) is 139 Å². The van der Waals surface area contributed by atoms with E-state index in [0.717, 1.165) is 77.3 Å². The van der Waals surface area contributed by atoms with Crippen LogP contribution in [0.2, 0.25) is 0 Å². The van der Waals surface area contributed by atoms with Gasteiger partial charge in [-0.05, 0) is 143 Å². The minimum atomic E-state index is -0.894. The van der Waals surface area contributed by atoms with E-state index in [1.807, 2.05) is 0 Å². The van der Waals surface area contributed by atoms with E-state index in [1.54, 1.807) is 13.8 Å². The maximum atomic E-state index is 11.9. The molecule has 6 aliphatic rings. The number of ether oxygens (including phenoxy) is 2. The highest BCUT2D eigenvalue weighted by molar-refractivity contribution is 5.73. The van der Waals surface area contributed by atoms with Crippen LogP contribution in [0.3, 0.4) is 0 Å². The topological polar surface area (TPSA) is 88.3 Å². The maximum Gasteiger partial charge on any atom is 0.309 e. The molecule has 0 amide bonds. The Morgan fingerprint density at radius 2 is 1.50 bits per heavy atom. The number of nitrogens with two attached hydrogens (primary N) is 1. The Kier molecular flexibility index (Phi) is 11.2. The van der Waals surface area contributed by atoms with Crippen molar-refractivity contribution in [2.24, 2.45) is 61.9 Å². The van der Waals surface area contributed by atoms with Crippen LogP contribution >= 0.6 is 0 Å². The highest BCUT2D eigenvalue weighted by atomic mass is 16.5. The summed E-state index contributed by atoms with van der Waals surface area (Å²) < 4.78 is 13.2. The van der Waals surface area contributed by atoms with Gasteiger partial charge in [-0.3, -0.25) is 9.69 Å². The van der Waals surface area contributed by atoms with E-state index in [-0.39, 0.29) is 38.7 Å². The van der Waals surface area contributed by atoms with Gasteiger partial charge in [-0.25, -0.2) is 0 Å². The molecule has 1 aliphatic heterocycles. The van der Waals surface area contributed by atoms with Crippen LogP contribution in [0.25, 0.3) is 0 Å². The fraction of sp³-hybridized carbons (Fsp3) is 0.851. The van der Waals surface area contributed by atoms with E-state index < -0.39 is 11.4 Å². The zero-order valence-corrected chi connectivity index (χ0v) is 36.1. The molecule has 1 heterocycles. The van der Waals surface area contributed by atoms with E-state index in [4.69, 9.17) is 15.2 Å². The number of carboxylic acid groups (broad SMARTS) is 1. The standard InChI is InChI=1S/C47H79N3O4/c1-13-49-25-27-50(28-26-49)31-34(5)53-29-24-46-20-14-35(32(2)3)39(46)47(48)21-16-37-43(10)18-17-38(54-33(4)30-41(6,7)40(51)52)42(8,9)36(43)15-19-44(37,11)45(47,12)22-23-46/h35-39H,2,4-5,13-31,48H2,1,3,6-12H3,(H,51,52)/t35-,36-,37+,38?,39-,43?,44+,45-,46?,47?/m0/s1. The lowest BCUT2D eigenvalue weighted by molar-refractivity contribution is -0.256. The summed E-state index contributed by atoms with van der Waals surface area (Å²) >= 11 is 0. The van der Waals surface area contributed by atoms with E-state index in [1.165, 1.54) is 50.5 Å². The predicted octanol–water partition coefficient (Wildman–Crippen LogP) is 9.68. The van der Waals surface area contributed by atoms with Gasteiger partial charge >= 0.3 is 5.97 Å².